The van der Waals surface area contributed by atoms with E-state index >= 15 is 0 Å². The summed E-state index contributed by atoms with van der Waals surface area (Å²) in [5, 5.41) is 0. The van der Waals surface area contributed by atoms with Crippen LogP contribution in [0.2, 0.25) is 0 Å². The van der Waals surface area contributed by atoms with Crippen molar-refractivity contribution in [3.63, 3.8) is 0 Å². The lowest BCUT2D eigenvalue weighted by atomic mass is 10.0. The number of hydrogen-bond donors (Lipinski definition) is 0. The van der Waals surface area contributed by atoms with Crippen LogP contribution in [0.15, 0.2) is 58.3 Å². The van der Waals surface area contributed by atoms with Gasteiger partial charge in [0.2, 0.25) is 0 Å². The van der Waals surface area contributed by atoms with E-state index in [9.17, 15) is 16.8 Å². The Balaban J connectivity index is 1.32. The van der Waals surface area contributed by atoms with Crippen LogP contribution < -0.4 is 0 Å². The Morgan fingerprint density at radius 3 is 0.795 bits per heavy atom. The molecule has 2 aromatic rings. The highest BCUT2D eigenvalue weighted by Crippen LogP contribution is 2.18. The molecule has 0 aliphatic carbocycles. The molecular weight excluding hydrogens is 524 g/mol. The van der Waals surface area contributed by atoms with Gasteiger partial charge in [0.25, 0.3) is 0 Å². The Kier molecular flexibility index (Phi) is 16.0. The van der Waals surface area contributed by atoms with Gasteiger partial charge in [-0.25, -0.2) is 16.8 Å². The number of unbranched alkanes of at least 4 members (excludes halogenated alkanes) is 16. The largest absolute Gasteiger partial charge is 0.224 e. The summed E-state index contributed by atoms with van der Waals surface area (Å²) in [6.07, 6.45) is 19.9. The first-order valence-corrected chi connectivity index (χ1v) is 18.6. The molecule has 39 heavy (non-hydrogen) atoms. The maximum Gasteiger partial charge on any atom is 0.178 e. The van der Waals surface area contributed by atoms with Gasteiger partial charge >= 0.3 is 0 Å². The van der Waals surface area contributed by atoms with Crippen LogP contribution in [0.1, 0.15) is 120 Å². The summed E-state index contributed by atoms with van der Waals surface area (Å²) in [6, 6.07) is 14.3. The lowest BCUT2D eigenvalue weighted by Crippen LogP contribution is -2.06. The van der Waals surface area contributed by atoms with Gasteiger partial charge in [-0.05, 0) is 51.0 Å². The summed E-state index contributed by atoms with van der Waals surface area (Å²) >= 11 is 0. The Bertz CT molecular complexity index is 1030. The summed E-state index contributed by atoms with van der Waals surface area (Å²) in [4.78, 5) is 0.903. The van der Waals surface area contributed by atoms with E-state index in [-0.39, 0.29) is 11.5 Å². The highest BCUT2D eigenvalue weighted by Gasteiger charge is 2.14. The average Bonchev–Trinajstić information content (AvgIpc) is 2.90. The van der Waals surface area contributed by atoms with Crippen LogP contribution in [0.3, 0.4) is 0 Å². The molecule has 0 saturated heterocycles. The predicted molar refractivity (Wildman–Crippen MR) is 165 cm³/mol. The fourth-order valence-corrected chi connectivity index (χ4v) is 7.70. The Hall–Kier alpha value is -1.66. The van der Waals surface area contributed by atoms with Crippen molar-refractivity contribution in [1.29, 1.82) is 0 Å². The first-order valence-electron chi connectivity index (χ1n) is 15.3. The summed E-state index contributed by atoms with van der Waals surface area (Å²) in [5.41, 5.74) is 2.17. The van der Waals surface area contributed by atoms with E-state index in [1.54, 1.807) is 24.3 Å². The van der Waals surface area contributed by atoms with E-state index in [0.29, 0.717) is 9.79 Å². The molecule has 2 rings (SSSR count). The fourth-order valence-electron chi connectivity index (χ4n) is 4.96. The molecule has 4 nitrogen and oxygen atoms in total. The quantitative estimate of drug-likeness (QED) is 0.131. The van der Waals surface area contributed by atoms with Crippen molar-refractivity contribution in [2.45, 2.75) is 133 Å². The normalized spacial score (nSPS) is 12.2. The summed E-state index contributed by atoms with van der Waals surface area (Å²) in [6.45, 7) is 3.94. The Morgan fingerprint density at radius 1 is 0.359 bits per heavy atom. The monoisotopic (exact) mass is 576 g/mol. The molecule has 0 amide bonds. The lowest BCUT2D eigenvalue weighted by molar-refractivity contribution is 0.528. The van der Waals surface area contributed by atoms with Crippen LogP contribution in [0, 0.1) is 13.8 Å². The molecule has 0 spiro atoms. The van der Waals surface area contributed by atoms with Gasteiger partial charge in [-0.2, -0.15) is 0 Å². The molecule has 0 radical (unpaired) electrons. The third-order valence-corrected chi connectivity index (χ3v) is 11.2. The van der Waals surface area contributed by atoms with E-state index in [0.717, 1.165) is 49.7 Å². The predicted octanol–water partition coefficient (Wildman–Crippen LogP) is 9.18. The van der Waals surface area contributed by atoms with Gasteiger partial charge in [0.05, 0.1) is 21.3 Å². The van der Waals surface area contributed by atoms with E-state index in [1.165, 1.54) is 70.6 Å². The minimum Gasteiger partial charge on any atom is -0.224 e. The molecule has 0 unspecified atom stereocenters. The molecule has 0 aromatic heterocycles. The summed E-state index contributed by atoms with van der Waals surface area (Å²) < 4.78 is 49.5. The topological polar surface area (TPSA) is 68.3 Å². The number of rotatable bonds is 22. The van der Waals surface area contributed by atoms with Crippen LogP contribution in [0.4, 0.5) is 0 Å². The van der Waals surface area contributed by atoms with Gasteiger partial charge in [0.15, 0.2) is 19.7 Å². The van der Waals surface area contributed by atoms with Crippen LogP contribution >= 0.6 is 0 Å². The lowest BCUT2D eigenvalue weighted by Gasteiger charge is -2.06. The van der Waals surface area contributed by atoms with E-state index in [4.69, 9.17) is 0 Å². The van der Waals surface area contributed by atoms with Crippen molar-refractivity contribution in [1.82, 2.24) is 0 Å². The van der Waals surface area contributed by atoms with Crippen LogP contribution in [-0.2, 0) is 19.7 Å². The zero-order valence-corrected chi connectivity index (χ0v) is 26.1. The van der Waals surface area contributed by atoms with Crippen LogP contribution in [0.5, 0.6) is 0 Å². The minimum absolute atomic E-state index is 0.259. The van der Waals surface area contributed by atoms with Gasteiger partial charge in [0, 0.05) is 0 Å². The maximum absolute atomic E-state index is 12.4. The summed E-state index contributed by atoms with van der Waals surface area (Å²) in [7, 11) is -6.27. The van der Waals surface area contributed by atoms with E-state index < -0.39 is 19.7 Å². The molecular formula is C33H52O4S2. The van der Waals surface area contributed by atoms with Crippen molar-refractivity contribution in [2.75, 3.05) is 11.5 Å². The minimum atomic E-state index is -3.13. The SMILES string of the molecule is Cc1ccc(S(=O)(=O)CCCCCCCCCCCCCCCCCCCS(=O)(=O)c2ccc(C)cc2)cc1. The van der Waals surface area contributed by atoms with Crippen LogP contribution in [0.25, 0.3) is 0 Å². The van der Waals surface area contributed by atoms with Crippen molar-refractivity contribution < 1.29 is 16.8 Å². The second-order valence-corrected chi connectivity index (χ2v) is 15.5. The van der Waals surface area contributed by atoms with Crippen molar-refractivity contribution in [2.24, 2.45) is 0 Å². The number of hydrogen-bond acceptors (Lipinski definition) is 4. The molecule has 0 saturated carbocycles. The molecule has 6 heteroatoms. The molecule has 0 aliphatic rings. The fraction of sp³-hybridized carbons (Fsp3) is 0.636. The zero-order valence-electron chi connectivity index (χ0n) is 24.5. The highest BCUT2D eigenvalue weighted by atomic mass is 32.2. The third kappa shape index (κ3) is 14.5. The van der Waals surface area contributed by atoms with Gasteiger partial charge in [-0.15, -0.1) is 0 Å². The number of sulfone groups is 2. The molecule has 0 fully saturated rings. The highest BCUT2D eigenvalue weighted by molar-refractivity contribution is 7.91. The van der Waals surface area contributed by atoms with Gasteiger partial charge in [-0.3, -0.25) is 0 Å². The number of benzene rings is 2. The van der Waals surface area contributed by atoms with Crippen molar-refractivity contribution >= 4 is 19.7 Å². The van der Waals surface area contributed by atoms with Crippen LogP contribution in [-0.4, -0.2) is 28.3 Å². The second-order valence-electron chi connectivity index (χ2n) is 11.3. The molecule has 0 aliphatic heterocycles. The van der Waals surface area contributed by atoms with E-state index in [1.807, 2.05) is 38.1 Å². The molecule has 0 atom stereocenters. The standard InChI is InChI=1S/C33H52O4S2/c1-30-20-24-32(25-21-30)38(34,35)28-18-16-14-12-10-8-6-4-3-5-7-9-11-13-15-17-19-29-39(36,37)33-26-22-31(2)23-27-33/h20-27H,3-19,28-29H2,1-2H3. The average molecular weight is 577 g/mol. The first kappa shape index (κ1) is 33.5. The smallest absolute Gasteiger partial charge is 0.178 e. The Labute approximate surface area is 239 Å². The van der Waals surface area contributed by atoms with Gasteiger partial charge in [0.1, 0.15) is 0 Å². The number of aryl methyl sites for hydroxylation is 2. The zero-order chi connectivity index (χ0) is 28.4. The Morgan fingerprint density at radius 2 is 0.564 bits per heavy atom. The molecule has 0 N–H and O–H groups in total. The second kappa shape index (κ2) is 18.6. The molecule has 220 valence electrons. The first-order chi connectivity index (χ1) is 18.7. The molecule has 0 bridgehead atoms. The van der Waals surface area contributed by atoms with Gasteiger partial charge in [-0.1, -0.05) is 132 Å². The summed E-state index contributed by atoms with van der Waals surface area (Å²) in [5.74, 6) is 0.518. The van der Waals surface area contributed by atoms with Crippen molar-refractivity contribution in [3.8, 4) is 0 Å². The molecule has 0 heterocycles. The third-order valence-electron chi connectivity index (χ3n) is 7.59. The van der Waals surface area contributed by atoms with Crippen molar-refractivity contribution in [3.05, 3.63) is 59.7 Å². The van der Waals surface area contributed by atoms with E-state index in [2.05, 4.69) is 0 Å². The molecule has 2 aromatic carbocycles. The van der Waals surface area contributed by atoms with Gasteiger partial charge < -0.3 is 0 Å². The maximum atomic E-state index is 12.4.